The minimum atomic E-state index is -0.261. The van der Waals surface area contributed by atoms with E-state index in [2.05, 4.69) is 20.9 Å². The molecule has 3 aromatic rings. The zero-order chi connectivity index (χ0) is 13.2. The minimum absolute atomic E-state index is 0.261. The molecule has 1 aromatic heterocycles. The fourth-order valence-corrected chi connectivity index (χ4v) is 3.38. The molecule has 19 heavy (non-hydrogen) atoms. The smallest absolute Gasteiger partial charge is 0.134 e. The number of halogens is 2. The van der Waals surface area contributed by atoms with E-state index in [0.29, 0.717) is 10.6 Å². The Morgan fingerprint density at radius 1 is 1.00 bits per heavy atom. The minimum Gasteiger partial charge on any atom is -0.236 e. The lowest BCUT2D eigenvalue weighted by Crippen LogP contribution is -1.85. The van der Waals surface area contributed by atoms with Crippen molar-refractivity contribution >= 4 is 27.3 Å². The summed E-state index contributed by atoms with van der Waals surface area (Å²) < 4.78 is 14.6. The number of benzene rings is 2. The first-order valence-corrected chi connectivity index (χ1v) is 7.38. The zero-order valence-corrected chi connectivity index (χ0v) is 12.2. The third-order valence-corrected chi connectivity index (χ3v) is 4.27. The highest BCUT2D eigenvalue weighted by atomic mass is 79.9. The van der Waals surface area contributed by atoms with Crippen LogP contribution < -0.4 is 0 Å². The van der Waals surface area contributed by atoms with E-state index < -0.39 is 0 Å². The standard InChI is InChI=1S/C15H9BrFNS/c16-11-7-4-8-12(17)14(11)15-18-13(9-19-15)10-5-2-1-3-6-10/h1-9H. The van der Waals surface area contributed by atoms with Gasteiger partial charge in [-0.05, 0) is 28.1 Å². The van der Waals surface area contributed by atoms with E-state index in [1.807, 2.05) is 41.8 Å². The molecule has 0 spiro atoms. The van der Waals surface area contributed by atoms with Crippen LogP contribution in [-0.2, 0) is 0 Å². The Labute approximate surface area is 122 Å². The van der Waals surface area contributed by atoms with E-state index in [0.717, 1.165) is 15.7 Å². The molecule has 0 amide bonds. The number of hydrogen-bond donors (Lipinski definition) is 0. The molecular formula is C15H9BrFNS. The van der Waals surface area contributed by atoms with Crippen LogP contribution >= 0.6 is 27.3 Å². The van der Waals surface area contributed by atoms with Gasteiger partial charge in [-0.3, -0.25) is 0 Å². The van der Waals surface area contributed by atoms with Crippen LogP contribution in [0, 0.1) is 5.82 Å². The zero-order valence-electron chi connectivity index (χ0n) is 9.81. The largest absolute Gasteiger partial charge is 0.236 e. The van der Waals surface area contributed by atoms with Crippen LogP contribution in [0.3, 0.4) is 0 Å². The molecule has 1 heterocycles. The summed E-state index contributed by atoms with van der Waals surface area (Å²) >= 11 is 4.82. The normalized spacial score (nSPS) is 10.6. The molecule has 3 rings (SSSR count). The summed E-state index contributed by atoms with van der Waals surface area (Å²) in [5.41, 5.74) is 2.43. The first kappa shape index (κ1) is 12.5. The molecule has 2 aromatic carbocycles. The molecule has 0 saturated carbocycles. The van der Waals surface area contributed by atoms with E-state index >= 15 is 0 Å². The highest BCUT2D eigenvalue weighted by Crippen LogP contribution is 2.35. The predicted molar refractivity (Wildman–Crippen MR) is 80.6 cm³/mol. The van der Waals surface area contributed by atoms with Gasteiger partial charge >= 0.3 is 0 Å². The van der Waals surface area contributed by atoms with Crippen LogP contribution in [0.25, 0.3) is 21.8 Å². The molecule has 0 saturated heterocycles. The van der Waals surface area contributed by atoms with E-state index in [4.69, 9.17) is 0 Å². The molecule has 0 fully saturated rings. The second-order valence-corrected chi connectivity index (χ2v) is 5.71. The lowest BCUT2D eigenvalue weighted by atomic mass is 10.2. The lowest BCUT2D eigenvalue weighted by molar-refractivity contribution is 0.630. The molecule has 0 aliphatic rings. The van der Waals surface area contributed by atoms with Crippen molar-refractivity contribution < 1.29 is 4.39 Å². The van der Waals surface area contributed by atoms with Gasteiger partial charge in [-0.2, -0.15) is 0 Å². The maximum atomic E-state index is 13.9. The van der Waals surface area contributed by atoms with E-state index in [1.165, 1.54) is 17.4 Å². The van der Waals surface area contributed by atoms with Gasteiger partial charge in [0, 0.05) is 15.4 Å². The summed E-state index contributed by atoms with van der Waals surface area (Å²) in [6, 6.07) is 14.8. The van der Waals surface area contributed by atoms with Gasteiger partial charge in [0.25, 0.3) is 0 Å². The SMILES string of the molecule is Fc1cccc(Br)c1-c1nc(-c2ccccc2)cs1. The first-order valence-electron chi connectivity index (χ1n) is 5.71. The monoisotopic (exact) mass is 333 g/mol. The topological polar surface area (TPSA) is 12.9 Å². The quantitative estimate of drug-likeness (QED) is 0.613. The molecule has 0 aliphatic heterocycles. The third kappa shape index (κ3) is 2.46. The average Bonchev–Trinajstić information content (AvgIpc) is 2.89. The van der Waals surface area contributed by atoms with Gasteiger partial charge in [0.2, 0.25) is 0 Å². The molecule has 0 unspecified atom stereocenters. The van der Waals surface area contributed by atoms with Gasteiger partial charge in [-0.15, -0.1) is 11.3 Å². The second-order valence-electron chi connectivity index (χ2n) is 4.00. The van der Waals surface area contributed by atoms with Gasteiger partial charge in [0.05, 0.1) is 11.3 Å². The summed E-state index contributed by atoms with van der Waals surface area (Å²) in [6.45, 7) is 0. The number of hydrogen-bond acceptors (Lipinski definition) is 2. The van der Waals surface area contributed by atoms with Crippen molar-refractivity contribution in [2.24, 2.45) is 0 Å². The molecule has 0 N–H and O–H groups in total. The molecule has 0 bridgehead atoms. The maximum Gasteiger partial charge on any atom is 0.134 e. The highest BCUT2D eigenvalue weighted by Gasteiger charge is 2.13. The Kier molecular flexibility index (Phi) is 3.44. The summed E-state index contributed by atoms with van der Waals surface area (Å²) in [5.74, 6) is -0.261. The van der Waals surface area contributed by atoms with Gasteiger partial charge in [0.15, 0.2) is 0 Å². The van der Waals surface area contributed by atoms with Crippen molar-refractivity contribution in [2.45, 2.75) is 0 Å². The first-order chi connectivity index (χ1) is 9.25. The fraction of sp³-hybridized carbons (Fsp3) is 0. The third-order valence-electron chi connectivity index (χ3n) is 2.75. The van der Waals surface area contributed by atoms with Crippen LogP contribution in [0.5, 0.6) is 0 Å². The van der Waals surface area contributed by atoms with Gasteiger partial charge < -0.3 is 0 Å². The average molecular weight is 334 g/mol. The van der Waals surface area contributed by atoms with Crippen LogP contribution in [-0.4, -0.2) is 4.98 Å². The van der Waals surface area contributed by atoms with Crippen molar-refractivity contribution in [2.75, 3.05) is 0 Å². The molecular weight excluding hydrogens is 325 g/mol. The van der Waals surface area contributed by atoms with Crippen molar-refractivity contribution in [3.63, 3.8) is 0 Å². The summed E-state index contributed by atoms with van der Waals surface area (Å²) in [4.78, 5) is 4.52. The maximum absolute atomic E-state index is 13.9. The molecule has 0 atom stereocenters. The van der Waals surface area contributed by atoms with Crippen LogP contribution in [0.4, 0.5) is 4.39 Å². The van der Waals surface area contributed by atoms with Crippen molar-refractivity contribution in [3.8, 4) is 21.8 Å². The van der Waals surface area contributed by atoms with Crippen LogP contribution in [0.1, 0.15) is 0 Å². The number of thiazole rings is 1. The Bertz CT molecular complexity index is 689. The van der Waals surface area contributed by atoms with Crippen molar-refractivity contribution in [3.05, 3.63) is 64.2 Å². The van der Waals surface area contributed by atoms with Gasteiger partial charge in [-0.25, -0.2) is 9.37 Å². The van der Waals surface area contributed by atoms with Crippen molar-refractivity contribution in [1.82, 2.24) is 4.98 Å². The van der Waals surface area contributed by atoms with E-state index in [1.54, 1.807) is 6.07 Å². The summed E-state index contributed by atoms with van der Waals surface area (Å²) in [6.07, 6.45) is 0. The number of nitrogens with zero attached hydrogens (tertiary/aromatic N) is 1. The second kappa shape index (κ2) is 5.23. The van der Waals surface area contributed by atoms with Crippen LogP contribution in [0.15, 0.2) is 58.4 Å². The summed E-state index contributed by atoms with van der Waals surface area (Å²) in [7, 11) is 0. The fourth-order valence-electron chi connectivity index (χ4n) is 1.83. The van der Waals surface area contributed by atoms with E-state index in [9.17, 15) is 4.39 Å². The Morgan fingerprint density at radius 3 is 2.53 bits per heavy atom. The lowest BCUT2D eigenvalue weighted by Gasteiger charge is -2.01. The highest BCUT2D eigenvalue weighted by molar-refractivity contribution is 9.10. The summed E-state index contributed by atoms with van der Waals surface area (Å²) in [5, 5.41) is 2.63. The van der Waals surface area contributed by atoms with Crippen molar-refractivity contribution in [1.29, 1.82) is 0 Å². The number of rotatable bonds is 2. The van der Waals surface area contributed by atoms with Gasteiger partial charge in [-0.1, -0.05) is 36.4 Å². The predicted octanol–water partition coefficient (Wildman–Crippen LogP) is 5.38. The van der Waals surface area contributed by atoms with Crippen LogP contribution in [0.2, 0.25) is 0 Å². The van der Waals surface area contributed by atoms with E-state index in [-0.39, 0.29) is 5.82 Å². The molecule has 4 heteroatoms. The number of aromatic nitrogens is 1. The molecule has 0 aliphatic carbocycles. The Balaban J connectivity index is 2.07. The Hall–Kier alpha value is -1.52. The molecule has 94 valence electrons. The molecule has 0 radical (unpaired) electrons. The van der Waals surface area contributed by atoms with Gasteiger partial charge in [0.1, 0.15) is 10.8 Å². The Morgan fingerprint density at radius 2 is 1.79 bits per heavy atom. The molecule has 1 nitrogen and oxygen atoms in total.